The summed E-state index contributed by atoms with van der Waals surface area (Å²) >= 11 is 0. The van der Waals surface area contributed by atoms with E-state index in [2.05, 4.69) is 20.5 Å². The third kappa shape index (κ3) is 5.74. The summed E-state index contributed by atoms with van der Waals surface area (Å²) in [6.45, 7) is 2.70. The van der Waals surface area contributed by atoms with Gasteiger partial charge in [0.05, 0.1) is 16.1 Å². The quantitative estimate of drug-likeness (QED) is 0.587. The van der Waals surface area contributed by atoms with E-state index in [1.54, 1.807) is 12.1 Å². The molecule has 0 atom stereocenters. The molecule has 3 saturated heterocycles. The molecule has 13 heteroatoms. The fraction of sp³-hybridized carbons (Fsp3) is 0.520. The molecule has 0 saturated carbocycles. The van der Waals surface area contributed by atoms with Crippen LogP contribution in [0.25, 0.3) is 0 Å². The molecule has 1 spiro atoms. The summed E-state index contributed by atoms with van der Waals surface area (Å²) in [6, 6.07) is 9.07. The van der Waals surface area contributed by atoms with Crippen LogP contribution in [0.3, 0.4) is 0 Å². The van der Waals surface area contributed by atoms with Gasteiger partial charge in [-0.05, 0) is 62.1 Å². The molecule has 2 aromatic rings. The summed E-state index contributed by atoms with van der Waals surface area (Å²) in [7, 11) is -3.67. The lowest BCUT2D eigenvalue weighted by Gasteiger charge is -2.44. The number of hydrogen-bond donors (Lipinski definition) is 2. The second-order valence-corrected chi connectivity index (χ2v) is 11.9. The van der Waals surface area contributed by atoms with Crippen LogP contribution in [0, 0.1) is 0 Å². The number of amides is 1. The molecule has 1 aromatic carbocycles. The lowest BCUT2D eigenvalue weighted by atomic mass is 9.89. The van der Waals surface area contributed by atoms with Crippen LogP contribution in [0.2, 0.25) is 0 Å². The number of sulfonamides is 1. The number of aromatic nitrogens is 1. The standard InChI is InChI=1S/C25H30F3N5O4S/c26-25(27,28)18-1-6-22(29-15-18)31-19-7-11-33(12-8-19)38(35,36)21-4-2-20(3-5-21)32-13-9-24(10-14-32)17-30-23(34)16-37-24/h1-6,15,19H,7-14,16-17H2,(H,29,31)(H,30,34). The van der Waals surface area contributed by atoms with Gasteiger partial charge < -0.3 is 20.3 Å². The molecule has 0 bridgehead atoms. The second-order valence-electron chi connectivity index (χ2n) is 9.98. The lowest BCUT2D eigenvalue weighted by Crippen LogP contribution is -2.57. The van der Waals surface area contributed by atoms with Gasteiger partial charge in [-0.3, -0.25) is 4.79 Å². The van der Waals surface area contributed by atoms with Crippen molar-refractivity contribution in [3.05, 3.63) is 48.2 Å². The Morgan fingerprint density at radius 3 is 2.26 bits per heavy atom. The molecule has 206 valence electrons. The number of piperidine rings is 2. The van der Waals surface area contributed by atoms with E-state index in [-0.39, 0.29) is 29.1 Å². The van der Waals surface area contributed by atoms with Gasteiger partial charge in [0.2, 0.25) is 15.9 Å². The van der Waals surface area contributed by atoms with Crippen LogP contribution >= 0.6 is 0 Å². The maximum Gasteiger partial charge on any atom is 0.417 e. The van der Waals surface area contributed by atoms with Crippen LogP contribution in [0.15, 0.2) is 47.5 Å². The second kappa shape index (κ2) is 10.3. The zero-order valence-electron chi connectivity index (χ0n) is 20.7. The van der Waals surface area contributed by atoms with Crippen molar-refractivity contribution < 1.29 is 31.1 Å². The molecule has 0 unspecified atom stereocenters. The number of hydrogen-bond acceptors (Lipinski definition) is 7. The van der Waals surface area contributed by atoms with Crippen LogP contribution < -0.4 is 15.5 Å². The number of halogens is 3. The molecule has 3 aliphatic rings. The molecule has 0 aliphatic carbocycles. The Bertz CT molecular complexity index is 1230. The molecule has 1 aromatic heterocycles. The zero-order chi connectivity index (χ0) is 27.0. The first-order chi connectivity index (χ1) is 18.0. The van der Waals surface area contributed by atoms with Crippen molar-refractivity contribution >= 4 is 27.4 Å². The number of nitrogens with one attached hydrogen (secondary N) is 2. The van der Waals surface area contributed by atoms with E-state index < -0.39 is 21.8 Å². The summed E-state index contributed by atoms with van der Waals surface area (Å²) in [5, 5.41) is 5.98. The molecule has 3 aliphatic heterocycles. The van der Waals surface area contributed by atoms with Gasteiger partial charge in [-0.2, -0.15) is 17.5 Å². The highest BCUT2D eigenvalue weighted by molar-refractivity contribution is 7.89. The number of benzene rings is 1. The summed E-state index contributed by atoms with van der Waals surface area (Å²) in [6.07, 6.45) is -1.08. The van der Waals surface area contributed by atoms with E-state index in [9.17, 15) is 26.4 Å². The van der Waals surface area contributed by atoms with E-state index in [0.717, 1.165) is 43.9 Å². The van der Waals surface area contributed by atoms with Crippen molar-refractivity contribution in [1.29, 1.82) is 0 Å². The van der Waals surface area contributed by atoms with E-state index in [1.165, 1.54) is 10.4 Å². The Labute approximate surface area is 219 Å². The number of nitrogens with zero attached hydrogens (tertiary/aromatic N) is 3. The van der Waals surface area contributed by atoms with Gasteiger partial charge in [-0.1, -0.05) is 0 Å². The molecule has 9 nitrogen and oxygen atoms in total. The van der Waals surface area contributed by atoms with E-state index in [4.69, 9.17) is 4.74 Å². The van der Waals surface area contributed by atoms with Crippen LogP contribution in [-0.2, 0) is 25.7 Å². The third-order valence-corrected chi connectivity index (χ3v) is 9.44. The maximum absolute atomic E-state index is 13.2. The third-order valence-electron chi connectivity index (χ3n) is 7.53. The molecule has 38 heavy (non-hydrogen) atoms. The van der Waals surface area contributed by atoms with Crippen molar-refractivity contribution in [2.45, 2.75) is 48.4 Å². The number of ether oxygens (including phenoxy) is 1. The van der Waals surface area contributed by atoms with Crippen LogP contribution in [0.1, 0.15) is 31.2 Å². The van der Waals surface area contributed by atoms with E-state index >= 15 is 0 Å². The average molecular weight is 554 g/mol. The van der Waals surface area contributed by atoms with Gasteiger partial charge in [-0.15, -0.1) is 0 Å². The van der Waals surface area contributed by atoms with Crippen molar-refractivity contribution in [3.63, 3.8) is 0 Å². The minimum Gasteiger partial charge on any atom is -0.371 e. The Balaban J connectivity index is 1.14. The van der Waals surface area contributed by atoms with Crippen LogP contribution in [-0.4, -0.2) is 74.6 Å². The molecule has 2 N–H and O–H groups in total. The van der Waals surface area contributed by atoms with Gasteiger partial charge in [0, 0.05) is 50.6 Å². The monoisotopic (exact) mass is 553 g/mol. The fourth-order valence-electron chi connectivity index (χ4n) is 5.15. The first kappa shape index (κ1) is 26.7. The Kier molecular flexibility index (Phi) is 7.27. The topological polar surface area (TPSA) is 104 Å². The molecule has 5 rings (SSSR count). The van der Waals surface area contributed by atoms with Crippen molar-refractivity contribution in [3.8, 4) is 0 Å². The zero-order valence-corrected chi connectivity index (χ0v) is 21.5. The van der Waals surface area contributed by atoms with Gasteiger partial charge >= 0.3 is 6.18 Å². The number of anilines is 2. The van der Waals surface area contributed by atoms with Crippen LogP contribution in [0.5, 0.6) is 0 Å². The molecule has 1 amide bonds. The molecule has 0 radical (unpaired) electrons. The predicted octanol–water partition coefficient (Wildman–Crippen LogP) is 2.85. The summed E-state index contributed by atoms with van der Waals surface area (Å²) in [4.78, 5) is 17.6. The summed E-state index contributed by atoms with van der Waals surface area (Å²) in [5.41, 5.74) is -0.199. The Morgan fingerprint density at radius 1 is 1.03 bits per heavy atom. The number of pyridine rings is 1. The lowest BCUT2D eigenvalue weighted by molar-refractivity contribution is -0.146. The molecular weight excluding hydrogens is 523 g/mol. The highest BCUT2D eigenvalue weighted by Gasteiger charge is 2.39. The predicted molar refractivity (Wildman–Crippen MR) is 134 cm³/mol. The number of carbonyl (C=O) groups excluding carboxylic acids is 1. The number of carbonyl (C=O) groups is 1. The van der Waals surface area contributed by atoms with Gasteiger partial charge in [0.15, 0.2) is 0 Å². The van der Waals surface area contributed by atoms with Gasteiger partial charge in [0.25, 0.3) is 0 Å². The normalized spacial score (nSPS) is 21.3. The van der Waals surface area contributed by atoms with E-state index in [1.807, 2.05) is 12.1 Å². The van der Waals surface area contributed by atoms with E-state index in [0.29, 0.717) is 38.3 Å². The first-order valence-electron chi connectivity index (χ1n) is 12.6. The average Bonchev–Trinajstić information content (AvgIpc) is 2.91. The largest absolute Gasteiger partial charge is 0.417 e. The van der Waals surface area contributed by atoms with Gasteiger partial charge in [-0.25, -0.2) is 13.4 Å². The number of alkyl halides is 3. The van der Waals surface area contributed by atoms with Gasteiger partial charge in [0.1, 0.15) is 12.4 Å². The highest BCUT2D eigenvalue weighted by atomic mass is 32.2. The van der Waals surface area contributed by atoms with Crippen LogP contribution in [0.4, 0.5) is 24.7 Å². The molecular formula is C25H30F3N5O4S. The SMILES string of the molecule is O=C1COC2(CCN(c3ccc(S(=O)(=O)N4CCC(Nc5ccc(C(F)(F)F)cn5)CC4)cc3)CC2)CN1. The Morgan fingerprint density at radius 2 is 1.71 bits per heavy atom. The summed E-state index contributed by atoms with van der Waals surface area (Å²) in [5.74, 6) is 0.241. The van der Waals surface area contributed by atoms with Crippen molar-refractivity contribution in [1.82, 2.24) is 14.6 Å². The number of rotatable bonds is 5. The first-order valence-corrected chi connectivity index (χ1v) is 14.0. The Hall–Kier alpha value is -2.90. The minimum atomic E-state index is -4.44. The van der Waals surface area contributed by atoms with Crippen molar-refractivity contribution in [2.75, 3.05) is 49.5 Å². The minimum absolute atomic E-state index is 0.0862. The van der Waals surface area contributed by atoms with Crippen molar-refractivity contribution in [2.24, 2.45) is 0 Å². The number of morpholine rings is 1. The fourth-order valence-corrected chi connectivity index (χ4v) is 6.62. The maximum atomic E-state index is 13.2. The molecule has 4 heterocycles. The summed E-state index contributed by atoms with van der Waals surface area (Å²) < 4.78 is 71.9. The molecule has 3 fully saturated rings. The highest BCUT2D eigenvalue weighted by Crippen LogP contribution is 2.32. The smallest absolute Gasteiger partial charge is 0.371 e.